The monoisotopic (exact) mass is 368 g/mol. The Labute approximate surface area is 158 Å². The largest absolute Gasteiger partial charge is 0.511 e. The number of carbonyl (C=O) groups is 1. The Bertz CT molecular complexity index is 883. The molecule has 0 aliphatic heterocycles. The molecule has 0 amide bonds. The molecule has 2 atom stereocenters. The van der Waals surface area contributed by atoms with Crippen LogP contribution in [0.4, 0.5) is 0 Å². The number of aliphatic hydroxyl groups excluding tert-OH is 1. The van der Waals surface area contributed by atoms with Crippen LogP contribution in [0.25, 0.3) is 16.7 Å². The number of ketones is 1. The second kappa shape index (κ2) is 6.81. The average Bonchev–Trinajstić information content (AvgIpc) is 3.10. The molecule has 2 bridgehead atoms. The molecule has 2 unspecified atom stereocenters. The first-order chi connectivity index (χ1) is 12.6. The number of Topliss-reactive ketones (excluding diaryl/α,β-unsaturated/α-hetero) is 1. The summed E-state index contributed by atoms with van der Waals surface area (Å²) in [5.74, 6) is 1.05. The molecule has 0 spiro atoms. The highest BCUT2D eigenvalue weighted by atomic mass is 35.5. The topological polar surface area (TPSA) is 46.5 Å². The minimum Gasteiger partial charge on any atom is -0.511 e. The number of rotatable bonds is 4. The molecule has 1 N–H and O–H groups in total. The average molecular weight is 369 g/mol. The summed E-state index contributed by atoms with van der Waals surface area (Å²) in [6.45, 7) is 2.42. The summed E-state index contributed by atoms with van der Waals surface area (Å²) in [4.78, 5) is 13.0. The Morgan fingerprint density at radius 2 is 1.77 bits per heavy atom. The first-order valence-electron chi connectivity index (χ1n) is 9.09. The standard InChI is InChI=1S/C22H21ClO3/c1-2-26-19-10-7-14(13-5-8-17(23)9-6-13)12-18(19)20-21(24)15-3-4-16(11-15)22(20)25/h5-10,12,15-16,24H,2-4,11H2,1H3. The van der Waals surface area contributed by atoms with Gasteiger partial charge in [-0.3, -0.25) is 4.79 Å². The van der Waals surface area contributed by atoms with E-state index < -0.39 is 0 Å². The number of hydrogen-bond donors (Lipinski definition) is 1. The van der Waals surface area contributed by atoms with Gasteiger partial charge in [0.2, 0.25) is 0 Å². The van der Waals surface area contributed by atoms with E-state index in [0.29, 0.717) is 28.5 Å². The molecular weight excluding hydrogens is 348 g/mol. The molecule has 26 heavy (non-hydrogen) atoms. The van der Waals surface area contributed by atoms with E-state index in [1.165, 1.54) is 0 Å². The fraction of sp³-hybridized carbons (Fsp3) is 0.318. The highest BCUT2D eigenvalue weighted by Gasteiger charge is 2.42. The lowest BCUT2D eigenvalue weighted by atomic mass is 9.82. The van der Waals surface area contributed by atoms with Crippen molar-refractivity contribution < 1.29 is 14.6 Å². The molecule has 0 saturated heterocycles. The summed E-state index contributed by atoms with van der Waals surface area (Å²) >= 11 is 5.99. The second-order valence-electron chi connectivity index (χ2n) is 6.98. The minimum atomic E-state index is 0.0274. The van der Waals surface area contributed by atoms with Crippen molar-refractivity contribution in [3.05, 3.63) is 58.8 Å². The van der Waals surface area contributed by atoms with Crippen LogP contribution in [0.5, 0.6) is 5.75 Å². The maximum Gasteiger partial charge on any atom is 0.170 e. The van der Waals surface area contributed by atoms with Crippen LogP contribution in [-0.2, 0) is 4.79 Å². The molecule has 1 saturated carbocycles. The summed E-state index contributed by atoms with van der Waals surface area (Å²) in [7, 11) is 0. The fourth-order valence-electron chi connectivity index (χ4n) is 4.10. The van der Waals surface area contributed by atoms with E-state index in [-0.39, 0.29) is 23.4 Å². The maximum atomic E-state index is 13.0. The van der Waals surface area contributed by atoms with Crippen LogP contribution in [0.2, 0.25) is 5.02 Å². The van der Waals surface area contributed by atoms with Gasteiger partial charge in [-0.25, -0.2) is 0 Å². The van der Waals surface area contributed by atoms with E-state index in [2.05, 4.69) is 0 Å². The third-order valence-electron chi connectivity index (χ3n) is 5.42. The van der Waals surface area contributed by atoms with Gasteiger partial charge in [0.15, 0.2) is 5.78 Å². The van der Waals surface area contributed by atoms with Crippen LogP contribution in [0.15, 0.2) is 48.2 Å². The summed E-state index contributed by atoms with van der Waals surface area (Å²) in [5.41, 5.74) is 3.11. The molecule has 3 nitrogen and oxygen atoms in total. The Balaban J connectivity index is 1.85. The van der Waals surface area contributed by atoms with E-state index in [9.17, 15) is 9.90 Å². The van der Waals surface area contributed by atoms with Gasteiger partial charge in [-0.1, -0.05) is 29.8 Å². The number of hydrogen-bond acceptors (Lipinski definition) is 3. The van der Waals surface area contributed by atoms with E-state index >= 15 is 0 Å². The van der Waals surface area contributed by atoms with Crippen LogP contribution >= 0.6 is 11.6 Å². The Morgan fingerprint density at radius 3 is 2.50 bits per heavy atom. The third kappa shape index (κ3) is 2.90. The van der Waals surface area contributed by atoms with Crippen molar-refractivity contribution in [3.8, 4) is 16.9 Å². The molecular formula is C22H21ClO3. The first-order valence-corrected chi connectivity index (χ1v) is 9.46. The Hall–Kier alpha value is -2.26. The van der Waals surface area contributed by atoms with Crippen molar-refractivity contribution in [3.63, 3.8) is 0 Å². The quantitative estimate of drug-likeness (QED) is 0.755. The molecule has 0 aromatic heterocycles. The van der Waals surface area contributed by atoms with Crippen molar-refractivity contribution in [2.24, 2.45) is 11.8 Å². The van der Waals surface area contributed by atoms with Crippen LogP contribution in [0.3, 0.4) is 0 Å². The minimum absolute atomic E-state index is 0.0274. The molecule has 2 aliphatic rings. The highest BCUT2D eigenvalue weighted by molar-refractivity contribution is 6.30. The molecule has 4 heteroatoms. The number of fused-ring (bicyclic) bond motifs is 2. The predicted molar refractivity (Wildman–Crippen MR) is 103 cm³/mol. The van der Waals surface area contributed by atoms with Crippen LogP contribution in [0, 0.1) is 11.8 Å². The van der Waals surface area contributed by atoms with Gasteiger partial charge in [0.25, 0.3) is 0 Å². The van der Waals surface area contributed by atoms with Gasteiger partial charge < -0.3 is 9.84 Å². The number of ether oxygens (including phenoxy) is 1. The second-order valence-corrected chi connectivity index (χ2v) is 7.42. The lowest BCUT2D eigenvalue weighted by Gasteiger charge is -2.23. The van der Waals surface area contributed by atoms with Crippen molar-refractivity contribution in [2.75, 3.05) is 6.61 Å². The summed E-state index contributed by atoms with van der Waals surface area (Å²) in [6, 6.07) is 13.4. The zero-order valence-corrected chi connectivity index (χ0v) is 15.4. The van der Waals surface area contributed by atoms with Crippen molar-refractivity contribution in [1.29, 1.82) is 0 Å². The molecule has 2 aromatic carbocycles. The zero-order valence-electron chi connectivity index (χ0n) is 14.7. The van der Waals surface area contributed by atoms with E-state index in [1.807, 2.05) is 49.4 Å². The molecule has 4 rings (SSSR count). The van der Waals surface area contributed by atoms with Crippen molar-refractivity contribution in [2.45, 2.75) is 26.2 Å². The van der Waals surface area contributed by atoms with E-state index in [4.69, 9.17) is 16.3 Å². The van der Waals surface area contributed by atoms with Gasteiger partial charge >= 0.3 is 0 Å². The molecule has 2 aromatic rings. The molecule has 0 radical (unpaired) electrons. The third-order valence-corrected chi connectivity index (χ3v) is 5.67. The Morgan fingerprint density at radius 1 is 1.08 bits per heavy atom. The van der Waals surface area contributed by atoms with Gasteiger partial charge in [0.1, 0.15) is 11.5 Å². The van der Waals surface area contributed by atoms with Crippen molar-refractivity contribution >= 4 is 23.0 Å². The van der Waals surface area contributed by atoms with Gasteiger partial charge in [-0.15, -0.1) is 0 Å². The molecule has 1 fully saturated rings. The number of aliphatic hydroxyl groups is 1. The number of halogens is 1. The van der Waals surface area contributed by atoms with Gasteiger partial charge in [0.05, 0.1) is 12.2 Å². The number of carbonyl (C=O) groups excluding carboxylic acids is 1. The van der Waals surface area contributed by atoms with E-state index in [1.54, 1.807) is 0 Å². The zero-order chi connectivity index (χ0) is 18.3. The van der Waals surface area contributed by atoms with Crippen LogP contribution in [0.1, 0.15) is 31.7 Å². The van der Waals surface area contributed by atoms with Crippen molar-refractivity contribution in [1.82, 2.24) is 0 Å². The number of allylic oxidation sites excluding steroid dienone is 2. The lowest BCUT2D eigenvalue weighted by molar-refractivity contribution is -0.117. The number of benzene rings is 2. The molecule has 134 valence electrons. The summed E-state index contributed by atoms with van der Waals surface area (Å²) in [6.07, 6.45) is 2.51. The van der Waals surface area contributed by atoms with Gasteiger partial charge in [-0.2, -0.15) is 0 Å². The highest BCUT2D eigenvalue weighted by Crippen LogP contribution is 2.47. The molecule has 0 heterocycles. The van der Waals surface area contributed by atoms with E-state index in [0.717, 1.165) is 30.4 Å². The normalized spacial score (nSPS) is 22.0. The molecule has 2 aliphatic carbocycles. The first kappa shape index (κ1) is 17.2. The van der Waals surface area contributed by atoms with Gasteiger partial charge in [-0.05, 0) is 61.6 Å². The summed E-state index contributed by atoms with van der Waals surface area (Å²) in [5, 5.41) is 11.4. The SMILES string of the molecule is CCOc1ccc(-c2ccc(Cl)cc2)cc1C1=C(O)C2CCC(C2)C1=O. The fourth-order valence-corrected chi connectivity index (χ4v) is 4.23. The predicted octanol–water partition coefficient (Wildman–Crippen LogP) is 5.67. The lowest BCUT2D eigenvalue weighted by Crippen LogP contribution is -2.21. The van der Waals surface area contributed by atoms with Gasteiger partial charge in [0, 0.05) is 22.4 Å². The smallest absolute Gasteiger partial charge is 0.170 e. The van der Waals surface area contributed by atoms with Crippen LogP contribution in [-0.4, -0.2) is 17.5 Å². The Kier molecular flexibility index (Phi) is 4.49. The maximum absolute atomic E-state index is 13.0. The summed E-state index contributed by atoms with van der Waals surface area (Å²) < 4.78 is 5.77. The van der Waals surface area contributed by atoms with Crippen LogP contribution < -0.4 is 4.74 Å².